The molecule has 1 fully saturated rings. The van der Waals surface area contributed by atoms with Gasteiger partial charge in [-0.3, -0.25) is 9.69 Å². The fraction of sp³-hybridized carbons (Fsp3) is 0.320. The van der Waals surface area contributed by atoms with E-state index in [4.69, 9.17) is 4.74 Å². The molecule has 2 aromatic carbocycles. The van der Waals surface area contributed by atoms with Crippen molar-refractivity contribution in [1.82, 2.24) is 9.88 Å². The van der Waals surface area contributed by atoms with Gasteiger partial charge in [0.05, 0.1) is 0 Å². The van der Waals surface area contributed by atoms with Crippen molar-refractivity contribution in [3.63, 3.8) is 0 Å². The molecule has 0 saturated carbocycles. The predicted octanol–water partition coefficient (Wildman–Crippen LogP) is 4.54. The topological polar surface area (TPSA) is 65.6 Å². The second-order valence-corrected chi connectivity index (χ2v) is 9.27. The molecular formula is C25H20F6N2O3. The van der Waals surface area contributed by atoms with Crippen LogP contribution in [0.4, 0.5) is 26.3 Å². The van der Waals surface area contributed by atoms with E-state index in [0.717, 1.165) is 23.3 Å². The molecule has 2 aliphatic rings. The van der Waals surface area contributed by atoms with Gasteiger partial charge in [-0.25, -0.2) is 0 Å². The highest BCUT2D eigenvalue weighted by molar-refractivity contribution is 5.64. The Hall–Kier alpha value is -3.31. The monoisotopic (exact) mass is 510 g/mol. The van der Waals surface area contributed by atoms with Crippen LogP contribution in [0.15, 0.2) is 65.6 Å². The Balaban J connectivity index is 1.23. The van der Waals surface area contributed by atoms with Gasteiger partial charge in [-0.15, -0.1) is 0 Å². The summed E-state index contributed by atoms with van der Waals surface area (Å²) >= 11 is 0. The summed E-state index contributed by atoms with van der Waals surface area (Å²) in [6.45, 7) is 1.99. The third-order valence-corrected chi connectivity index (χ3v) is 6.65. The van der Waals surface area contributed by atoms with Gasteiger partial charge in [0.1, 0.15) is 11.4 Å². The van der Waals surface area contributed by atoms with Crippen molar-refractivity contribution in [3.05, 3.63) is 87.8 Å². The number of halogens is 6. The lowest BCUT2D eigenvalue weighted by Gasteiger charge is -2.47. The number of likely N-dealkylation sites (tertiary alicyclic amines) is 1. The lowest BCUT2D eigenvalue weighted by atomic mass is 9.89. The summed E-state index contributed by atoms with van der Waals surface area (Å²) in [5, 5.41) is 9.53. The minimum Gasteiger partial charge on any atom is -0.484 e. The number of rotatable bonds is 4. The Kier molecular flexibility index (Phi) is 5.49. The Morgan fingerprint density at radius 1 is 0.917 bits per heavy atom. The van der Waals surface area contributed by atoms with Crippen LogP contribution in [0.2, 0.25) is 0 Å². The summed E-state index contributed by atoms with van der Waals surface area (Å²) in [5.41, 5.74) is -3.85. The van der Waals surface area contributed by atoms with Crippen LogP contribution in [-0.2, 0) is 18.6 Å². The van der Waals surface area contributed by atoms with E-state index in [1.807, 2.05) is 12.1 Å². The van der Waals surface area contributed by atoms with Gasteiger partial charge in [-0.1, -0.05) is 48.5 Å². The third kappa shape index (κ3) is 4.05. The zero-order chi connectivity index (χ0) is 25.9. The van der Waals surface area contributed by atoms with Crippen LogP contribution in [0.1, 0.15) is 16.7 Å². The largest absolute Gasteiger partial charge is 0.484 e. The second kappa shape index (κ2) is 8.10. The molecule has 2 N–H and O–H groups in total. The molecule has 3 heterocycles. The molecule has 0 atom stereocenters. The van der Waals surface area contributed by atoms with E-state index in [0.29, 0.717) is 55.1 Å². The van der Waals surface area contributed by atoms with E-state index in [-0.39, 0.29) is 11.2 Å². The van der Waals surface area contributed by atoms with Crippen LogP contribution in [0.5, 0.6) is 5.75 Å². The molecule has 0 bridgehead atoms. The van der Waals surface area contributed by atoms with E-state index in [1.165, 1.54) is 6.07 Å². The van der Waals surface area contributed by atoms with Crippen molar-refractivity contribution in [1.29, 1.82) is 0 Å². The average Bonchev–Trinajstić information content (AvgIpc) is 3.16. The normalized spacial score (nSPS) is 17.5. The van der Waals surface area contributed by atoms with Crippen molar-refractivity contribution < 1.29 is 36.2 Å². The molecule has 1 saturated heterocycles. The number of ether oxygens (including phenoxy) is 1. The van der Waals surface area contributed by atoms with Crippen LogP contribution in [0.25, 0.3) is 11.1 Å². The smallest absolute Gasteiger partial charge is 0.430 e. The number of aliphatic hydroxyl groups is 1. The SMILES string of the molecule is O=c1cc2c(c[nH]1)CC1(CN(Cc3ccc(-c4ccc(C(O)(C(F)(F)F)C(F)(F)F)cc4)cc3)C1)O2. The first-order chi connectivity index (χ1) is 16.8. The second-order valence-electron chi connectivity index (χ2n) is 9.27. The van der Waals surface area contributed by atoms with Gasteiger partial charge < -0.3 is 14.8 Å². The molecule has 3 aromatic rings. The number of hydrogen-bond acceptors (Lipinski definition) is 4. The van der Waals surface area contributed by atoms with Crippen LogP contribution in [0.3, 0.4) is 0 Å². The molecule has 0 amide bonds. The zero-order valence-corrected chi connectivity index (χ0v) is 18.6. The number of nitrogens with one attached hydrogen (secondary N) is 1. The summed E-state index contributed by atoms with van der Waals surface area (Å²) in [6.07, 6.45) is -9.46. The number of aromatic amines is 1. The molecule has 1 aromatic heterocycles. The van der Waals surface area contributed by atoms with Crippen LogP contribution in [-0.4, -0.2) is 46.0 Å². The van der Waals surface area contributed by atoms with Gasteiger partial charge in [0.25, 0.3) is 11.2 Å². The third-order valence-electron chi connectivity index (χ3n) is 6.65. The Labute approximate surface area is 200 Å². The molecule has 11 heteroatoms. The number of pyridine rings is 1. The van der Waals surface area contributed by atoms with E-state index in [1.54, 1.807) is 18.3 Å². The summed E-state index contributed by atoms with van der Waals surface area (Å²) in [6, 6.07) is 12.1. The Morgan fingerprint density at radius 2 is 1.47 bits per heavy atom. The Bertz CT molecular complexity index is 1310. The highest BCUT2D eigenvalue weighted by Crippen LogP contribution is 2.50. The number of hydrogen-bond donors (Lipinski definition) is 2. The van der Waals surface area contributed by atoms with Crippen molar-refractivity contribution >= 4 is 0 Å². The van der Waals surface area contributed by atoms with E-state index >= 15 is 0 Å². The maximum absolute atomic E-state index is 13.1. The van der Waals surface area contributed by atoms with Gasteiger partial charge in [0, 0.05) is 49.4 Å². The number of nitrogens with zero attached hydrogens (tertiary/aromatic N) is 1. The summed E-state index contributed by atoms with van der Waals surface area (Å²) in [7, 11) is 0. The molecule has 2 aliphatic heterocycles. The van der Waals surface area contributed by atoms with Crippen LogP contribution >= 0.6 is 0 Å². The van der Waals surface area contributed by atoms with Crippen molar-refractivity contribution in [3.8, 4) is 16.9 Å². The van der Waals surface area contributed by atoms with Gasteiger partial charge in [-0.05, 0) is 16.7 Å². The summed E-state index contributed by atoms with van der Waals surface area (Å²) in [5.74, 6) is 0.609. The highest BCUT2D eigenvalue weighted by Gasteiger charge is 2.71. The number of aromatic nitrogens is 1. The van der Waals surface area contributed by atoms with Gasteiger partial charge in [-0.2, -0.15) is 26.3 Å². The van der Waals surface area contributed by atoms with Crippen LogP contribution in [0, 0.1) is 0 Å². The summed E-state index contributed by atoms with van der Waals surface area (Å²) in [4.78, 5) is 16.3. The standard InChI is InChI=1S/C25H20F6N2O3/c26-24(27,28)23(35,25(29,30)31)19-7-5-17(6-8-19)16-3-1-15(2-4-16)12-33-13-22(14-33)10-18-11-32-21(34)9-20(18)36-22/h1-9,11,35H,10,12-14H2,(H,32,34). The molecule has 36 heavy (non-hydrogen) atoms. The lowest BCUT2D eigenvalue weighted by molar-refractivity contribution is -0.376. The first kappa shape index (κ1) is 24.4. The Morgan fingerprint density at radius 3 is 2.03 bits per heavy atom. The minimum absolute atomic E-state index is 0.215. The quantitative estimate of drug-likeness (QED) is 0.506. The van der Waals surface area contributed by atoms with Crippen molar-refractivity contribution in [2.45, 2.75) is 36.5 Å². The molecule has 1 spiro atoms. The fourth-order valence-electron chi connectivity index (χ4n) is 4.84. The molecule has 0 aliphatic carbocycles. The van der Waals surface area contributed by atoms with Crippen LogP contribution < -0.4 is 10.3 Å². The predicted molar refractivity (Wildman–Crippen MR) is 117 cm³/mol. The van der Waals surface area contributed by atoms with Gasteiger partial charge >= 0.3 is 12.4 Å². The van der Waals surface area contributed by atoms with E-state index in [9.17, 15) is 36.2 Å². The molecule has 5 rings (SSSR count). The maximum atomic E-state index is 13.1. The number of alkyl halides is 6. The highest BCUT2D eigenvalue weighted by atomic mass is 19.4. The van der Waals surface area contributed by atoms with Crippen molar-refractivity contribution in [2.75, 3.05) is 13.1 Å². The first-order valence-corrected chi connectivity index (χ1v) is 11.0. The number of benzene rings is 2. The lowest BCUT2D eigenvalue weighted by Crippen LogP contribution is -2.63. The minimum atomic E-state index is -5.92. The fourth-order valence-corrected chi connectivity index (χ4v) is 4.84. The summed E-state index contributed by atoms with van der Waals surface area (Å²) < 4.78 is 84.5. The number of fused-ring (bicyclic) bond motifs is 1. The van der Waals surface area contributed by atoms with Gasteiger partial charge in [0.2, 0.25) is 0 Å². The molecule has 5 nitrogen and oxygen atoms in total. The average molecular weight is 510 g/mol. The molecule has 0 unspecified atom stereocenters. The van der Waals surface area contributed by atoms with E-state index in [2.05, 4.69) is 9.88 Å². The maximum Gasteiger partial charge on any atom is 0.430 e. The zero-order valence-electron chi connectivity index (χ0n) is 18.6. The molecular weight excluding hydrogens is 490 g/mol. The van der Waals surface area contributed by atoms with Gasteiger partial charge in [0.15, 0.2) is 0 Å². The first-order valence-electron chi connectivity index (χ1n) is 11.0. The van der Waals surface area contributed by atoms with Crippen molar-refractivity contribution in [2.24, 2.45) is 0 Å². The molecule has 0 radical (unpaired) electrons. The van der Waals surface area contributed by atoms with E-state index < -0.39 is 23.5 Å². The molecule has 190 valence electrons. The number of H-pyrrole nitrogens is 1.